The van der Waals surface area contributed by atoms with Crippen molar-refractivity contribution in [3.63, 3.8) is 0 Å². The molecule has 3 N–H and O–H groups in total. The number of aryl methyl sites for hydroxylation is 2. The van der Waals surface area contributed by atoms with Gasteiger partial charge in [-0.3, -0.25) is 10.3 Å². The van der Waals surface area contributed by atoms with E-state index in [9.17, 15) is 0 Å². The van der Waals surface area contributed by atoms with Crippen molar-refractivity contribution in [2.24, 2.45) is 0 Å². The Kier molecular flexibility index (Phi) is 6.26. The van der Waals surface area contributed by atoms with Crippen molar-refractivity contribution >= 4 is 23.0 Å². The third-order valence-electron chi connectivity index (χ3n) is 4.60. The highest BCUT2D eigenvalue weighted by atomic mass is 32.1. The zero-order valence-electron chi connectivity index (χ0n) is 15.4. The summed E-state index contributed by atoms with van der Waals surface area (Å²) in [6.45, 7) is 7.12. The molecule has 0 aliphatic carbocycles. The summed E-state index contributed by atoms with van der Waals surface area (Å²) in [5, 5.41) is 3.86. The third-order valence-corrected chi connectivity index (χ3v) is 4.80. The number of para-hydroxylation sites is 1. The van der Waals surface area contributed by atoms with Crippen LogP contribution in [0, 0.1) is 13.8 Å². The van der Waals surface area contributed by atoms with E-state index < -0.39 is 0 Å². The predicted molar refractivity (Wildman–Crippen MR) is 113 cm³/mol. The lowest BCUT2D eigenvalue weighted by atomic mass is 10.1. The molecule has 3 rings (SSSR count). The summed E-state index contributed by atoms with van der Waals surface area (Å²) in [6.07, 6.45) is 3.20. The van der Waals surface area contributed by atoms with Crippen LogP contribution < -0.4 is 16.2 Å². The van der Waals surface area contributed by atoms with Gasteiger partial charge in [0.25, 0.3) is 0 Å². The zero-order chi connectivity index (χ0) is 18.4. The van der Waals surface area contributed by atoms with Gasteiger partial charge in [0, 0.05) is 37.4 Å². The lowest BCUT2D eigenvalue weighted by molar-refractivity contribution is 0.281. The van der Waals surface area contributed by atoms with Gasteiger partial charge < -0.3 is 10.7 Å². The fourth-order valence-corrected chi connectivity index (χ4v) is 3.26. The smallest absolute Gasteiger partial charge is 0.189 e. The number of hydrogen-bond donors (Lipinski definition) is 3. The summed E-state index contributed by atoms with van der Waals surface area (Å²) in [5.74, 6) is 0. The molecule has 5 heteroatoms. The molecule has 1 heterocycles. The quantitative estimate of drug-likeness (QED) is 0.553. The molecule has 0 saturated carbocycles. The summed E-state index contributed by atoms with van der Waals surface area (Å²) in [4.78, 5) is 2.44. The van der Waals surface area contributed by atoms with Crippen molar-refractivity contribution < 1.29 is 0 Å². The first kappa shape index (κ1) is 18.4. The highest BCUT2D eigenvalue weighted by Crippen LogP contribution is 2.19. The Morgan fingerprint density at radius 3 is 2.42 bits per heavy atom. The first-order chi connectivity index (χ1) is 12.6. The van der Waals surface area contributed by atoms with E-state index in [0.29, 0.717) is 5.11 Å². The lowest BCUT2D eigenvalue weighted by Crippen LogP contribution is -2.42. The number of hydrogen-bond acceptors (Lipinski definition) is 3. The van der Waals surface area contributed by atoms with Crippen molar-refractivity contribution in [2.45, 2.75) is 26.8 Å². The molecule has 0 saturated heterocycles. The molecule has 2 aromatic rings. The van der Waals surface area contributed by atoms with Crippen molar-refractivity contribution in [1.29, 1.82) is 0 Å². The highest BCUT2D eigenvalue weighted by molar-refractivity contribution is 7.80. The maximum Gasteiger partial charge on any atom is 0.189 e. The molecule has 4 nitrogen and oxygen atoms in total. The molecule has 0 radical (unpaired) electrons. The van der Waals surface area contributed by atoms with Gasteiger partial charge in [0.1, 0.15) is 0 Å². The second kappa shape index (κ2) is 8.83. The predicted octanol–water partition coefficient (Wildman–Crippen LogP) is 3.88. The fourth-order valence-electron chi connectivity index (χ4n) is 3.10. The van der Waals surface area contributed by atoms with E-state index in [1.807, 2.05) is 0 Å². The number of thiocarbonyl (C=S) groups is 1. The summed E-state index contributed by atoms with van der Waals surface area (Å²) in [5.41, 5.74) is 12.3. The molecule has 2 aromatic carbocycles. The van der Waals surface area contributed by atoms with E-state index in [4.69, 9.17) is 12.2 Å². The van der Waals surface area contributed by atoms with Crippen LogP contribution in [-0.4, -0.2) is 23.1 Å². The van der Waals surface area contributed by atoms with Crippen LogP contribution in [0.15, 0.2) is 60.3 Å². The summed E-state index contributed by atoms with van der Waals surface area (Å²) in [7, 11) is 0. The second-order valence-electron chi connectivity index (χ2n) is 6.67. The Labute approximate surface area is 161 Å². The molecule has 136 valence electrons. The summed E-state index contributed by atoms with van der Waals surface area (Å²) < 4.78 is 0. The average molecular weight is 367 g/mol. The average Bonchev–Trinajstić information content (AvgIpc) is 2.65. The van der Waals surface area contributed by atoms with Gasteiger partial charge in [0.2, 0.25) is 0 Å². The molecule has 1 aliphatic heterocycles. The molecule has 1 aliphatic rings. The third kappa shape index (κ3) is 5.07. The molecular formula is C21H26N4S. The monoisotopic (exact) mass is 366 g/mol. The Balaban J connectivity index is 1.46. The topological polar surface area (TPSA) is 39.3 Å². The Morgan fingerprint density at radius 2 is 1.77 bits per heavy atom. The molecule has 0 unspecified atom stereocenters. The number of rotatable bonds is 5. The molecule has 0 fully saturated rings. The maximum atomic E-state index is 5.41. The first-order valence-electron chi connectivity index (χ1n) is 8.96. The standard InChI is InChI=1S/C21H26N4S/c1-16-7-6-8-17(2)20(16)22-21(26)24-23-19-11-13-25(14-12-19)15-18-9-4-3-5-10-18/h3-11,23H,12-15H2,1-2H3,(H2,22,24,26). The van der Waals surface area contributed by atoms with E-state index >= 15 is 0 Å². The number of nitrogens with one attached hydrogen (secondary N) is 3. The van der Waals surface area contributed by atoms with Crippen LogP contribution in [0.3, 0.4) is 0 Å². The van der Waals surface area contributed by atoms with Crippen molar-refractivity contribution in [1.82, 2.24) is 15.8 Å². The SMILES string of the molecule is Cc1cccc(C)c1NC(=S)NNC1=CCN(Cc2ccccc2)CC1. The molecule has 26 heavy (non-hydrogen) atoms. The number of benzene rings is 2. The molecular weight excluding hydrogens is 340 g/mol. The summed E-state index contributed by atoms with van der Waals surface area (Å²) in [6, 6.07) is 16.8. The van der Waals surface area contributed by atoms with E-state index in [1.54, 1.807) is 0 Å². The van der Waals surface area contributed by atoms with Crippen LogP contribution in [-0.2, 0) is 6.54 Å². The second-order valence-corrected chi connectivity index (χ2v) is 7.08. The van der Waals surface area contributed by atoms with Crippen LogP contribution in [0.25, 0.3) is 0 Å². The zero-order valence-corrected chi connectivity index (χ0v) is 16.2. The van der Waals surface area contributed by atoms with Crippen LogP contribution >= 0.6 is 12.2 Å². The van der Waals surface area contributed by atoms with Gasteiger partial charge in [0.15, 0.2) is 5.11 Å². The van der Waals surface area contributed by atoms with Gasteiger partial charge in [-0.25, -0.2) is 0 Å². The van der Waals surface area contributed by atoms with Crippen LogP contribution in [0.4, 0.5) is 5.69 Å². The normalized spacial score (nSPS) is 14.5. The lowest BCUT2D eigenvalue weighted by Gasteiger charge is -2.27. The molecule has 0 atom stereocenters. The minimum Gasteiger partial charge on any atom is -0.331 e. The maximum absolute atomic E-state index is 5.41. The van der Waals surface area contributed by atoms with Crippen LogP contribution in [0.5, 0.6) is 0 Å². The Bertz CT molecular complexity index is 766. The van der Waals surface area contributed by atoms with Gasteiger partial charge >= 0.3 is 0 Å². The molecule has 0 amide bonds. The first-order valence-corrected chi connectivity index (χ1v) is 9.37. The van der Waals surface area contributed by atoms with Crippen LogP contribution in [0.1, 0.15) is 23.1 Å². The minimum absolute atomic E-state index is 0.579. The minimum atomic E-state index is 0.579. The number of anilines is 1. The van der Waals surface area contributed by atoms with Gasteiger partial charge in [-0.05, 0) is 48.8 Å². The summed E-state index contributed by atoms with van der Waals surface area (Å²) >= 11 is 5.41. The number of hydrazine groups is 1. The van der Waals surface area contributed by atoms with Gasteiger partial charge in [-0.2, -0.15) is 0 Å². The molecule has 0 spiro atoms. The van der Waals surface area contributed by atoms with E-state index in [1.165, 1.54) is 22.4 Å². The van der Waals surface area contributed by atoms with Crippen LogP contribution in [0.2, 0.25) is 0 Å². The fraction of sp³-hybridized carbons (Fsp3) is 0.286. The van der Waals surface area contributed by atoms with Gasteiger partial charge in [-0.1, -0.05) is 48.5 Å². The van der Waals surface area contributed by atoms with Crippen molar-refractivity contribution in [3.05, 3.63) is 77.0 Å². The van der Waals surface area contributed by atoms with E-state index in [0.717, 1.165) is 31.7 Å². The van der Waals surface area contributed by atoms with E-state index in [2.05, 4.69) is 89.5 Å². The Morgan fingerprint density at radius 1 is 1.04 bits per heavy atom. The number of nitrogens with zero attached hydrogens (tertiary/aromatic N) is 1. The van der Waals surface area contributed by atoms with Gasteiger partial charge in [-0.15, -0.1) is 0 Å². The highest BCUT2D eigenvalue weighted by Gasteiger charge is 2.12. The largest absolute Gasteiger partial charge is 0.331 e. The molecule has 0 aromatic heterocycles. The van der Waals surface area contributed by atoms with Gasteiger partial charge in [0.05, 0.1) is 0 Å². The Hall–Kier alpha value is -2.37. The van der Waals surface area contributed by atoms with E-state index in [-0.39, 0.29) is 0 Å². The van der Waals surface area contributed by atoms with Crippen molar-refractivity contribution in [3.8, 4) is 0 Å². The molecule has 0 bridgehead atoms. The van der Waals surface area contributed by atoms with Crippen molar-refractivity contribution in [2.75, 3.05) is 18.4 Å².